The van der Waals surface area contributed by atoms with Crippen LogP contribution in [0.5, 0.6) is 0 Å². The van der Waals surface area contributed by atoms with Gasteiger partial charge in [0.1, 0.15) is 11.5 Å². The standard InChI is InChI=1S/C11H20N2O/c1-8(2)13-7-10(12-4)11-6-5-9(3)14-11/h5-6,8,10,12-13H,7H2,1-4H3. The van der Waals surface area contributed by atoms with E-state index in [1.165, 1.54) is 0 Å². The van der Waals surface area contributed by atoms with Crippen molar-refractivity contribution in [3.63, 3.8) is 0 Å². The molecule has 0 spiro atoms. The first-order chi connectivity index (χ1) is 6.63. The van der Waals surface area contributed by atoms with Crippen LogP contribution >= 0.6 is 0 Å². The van der Waals surface area contributed by atoms with Crippen molar-refractivity contribution in [1.29, 1.82) is 0 Å². The van der Waals surface area contributed by atoms with E-state index in [1.54, 1.807) is 0 Å². The maximum absolute atomic E-state index is 5.57. The zero-order valence-electron chi connectivity index (χ0n) is 9.42. The number of furan rings is 1. The highest BCUT2D eigenvalue weighted by Crippen LogP contribution is 2.15. The number of nitrogens with one attached hydrogen (secondary N) is 2. The molecule has 3 heteroatoms. The van der Waals surface area contributed by atoms with Crippen LogP contribution in [0.25, 0.3) is 0 Å². The second-order valence-electron chi connectivity index (χ2n) is 3.85. The van der Waals surface area contributed by atoms with Crippen LogP contribution in [0.1, 0.15) is 31.4 Å². The van der Waals surface area contributed by atoms with E-state index in [1.807, 2.05) is 26.1 Å². The van der Waals surface area contributed by atoms with Crippen molar-refractivity contribution < 1.29 is 4.42 Å². The Hall–Kier alpha value is -0.800. The molecule has 2 N–H and O–H groups in total. The molecule has 3 nitrogen and oxygen atoms in total. The van der Waals surface area contributed by atoms with Crippen molar-refractivity contribution in [3.8, 4) is 0 Å². The summed E-state index contributed by atoms with van der Waals surface area (Å²) in [5, 5.41) is 6.61. The van der Waals surface area contributed by atoms with Crippen LogP contribution < -0.4 is 10.6 Å². The van der Waals surface area contributed by atoms with Crippen molar-refractivity contribution in [3.05, 3.63) is 23.7 Å². The van der Waals surface area contributed by atoms with E-state index < -0.39 is 0 Å². The molecule has 0 aliphatic heterocycles. The van der Waals surface area contributed by atoms with E-state index in [0.717, 1.165) is 18.1 Å². The quantitative estimate of drug-likeness (QED) is 0.754. The van der Waals surface area contributed by atoms with Gasteiger partial charge in [0.15, 0.2) is 0 Å². The molecule has 1 heterocycles. The Kier molecular flexibility index (Phi) is 4.17. The van der Waals surface area contributed by atoms with Gasteiger partial charge in [-0.2, -0.15) is 0 Å². The largest absolute Gasteiger partial charge is 0.465 e. The van der Waals surface area contributed by atoms with Crippen molar-refractivity contribution in [2.75, 3.05) is 13.6 Å². The molecule has 0 aromatic carbocycles. The van der Waals surface area contributed by atoms with Gasteiger partial charge in [0.05, 0.1) is 6.04 Å². The molecule has 0 saturated carbocycles. The molecule has 0 aliphatic rings. The summed E-state index contributed by atoms with van der Waals surface area (Å²) in [6, 6.07) is 4.78. The first-order valence-electron chi connectivity index (χ1n) is 5.10. The Balaban J connectivity index is 2.54. The fourth-order valence-corrected chi connectivity index (χ4v) is 1.34. The summed E-state index contributed by atoms with van der Waals surface area (Å²) < 4.78 is 5.57. The first kappa shape index (κ1) is 11.3. The third-order valence-electron chi connectivity index (χ3n) is 2.18. The number of hydrogen-bond donors (Lipinski definition) is 2. The zero-order chi connectivity index (χ0) is 10.6. The summed E-state index contributed by atoms with van der Waals surface area (Å²) in [5.74, 6) is 1.96. The molecule has 14 heavy (non-hydrogen) atoms. The van der Waals surface area contributed by atoms with Gasteiger partial charge in [-0.3, -0.25) is 0 Å². The average molecular weight is 196 g/mol. The minimum absolute atomic E-state index is 0.256. The molecule has 0 fully saturated rings. The van der Waals surface area contributed by atoms with Crippen LogP contribution in [-0.4, -0.2) is 19.6 Å². The van der Waals surface area contributed by atoms with Crippen LogP contribution in [0.3, 0.4) is 0 Å². The highest BCUT2D eigenvalue weighted by molar-refractivity contribution is 5.10. The summed E-state index contributed by atoms with van der Waals surface area (Å²) >= 11 is 0. The molecule has 1 atom stereocenters. The van der Waals surface area contributed by atoms with Gasteiger partial charge >= 0.3 is 0 Å². The van der Waals surface area contributed by atoms with Gasteiger partial charge in [0.25, 0.3) is 0 Å². The van der Waals surface area contributed by atoms with E-state index in [2.05, 4.69) is 24.5 Å². The average Bonchev–Trinajstić information content (AvgIpc) is 2.53. The number of aryl methyl sites for hydroxylation is 1. The van der Waals surface area contributed by atoms with Crippen LogP contribution in [0.2, 0.25) is 0 Å². The molecular weight excluding hydrogens is 176 g/mol. The molecule has 0 aliphatic carbocycles. The SMILES string of the molecule is CNC(CNC(C)C)c1ccc(C)o1. The Labute approximate surface area is 85.9 Å². The van der Waals surface area contributed by atoms with E-state index in [0.29, 0.717) is 6.04 Å². The Bertz CT molecular complexity index is 268. The van der Waals surface area contributed by atoms with E-state index in [4.69, 9.17) is 4.42 Å². The van der Waals surface area contributed by atoms with Gasteiger partial charge in [0, 0.05) is 12.6 Å². The minimum Gasteiger partial charge on any atom is -0.465 e. The van der Waals surface area contributed by atoms with Crippen molar-refractivity contribution >= 4 is 0 Å². The van der Waals surface area contributed by atoms with E-state index in [-0.39, 0.29) is 6.04 Å². The van der Waals surface area contributed by atoms with Gasteiger partial charge in [0.2, 0.25) is 0 Å². The molecule has 0 saturated heterocycles. The zero-order valence-corrected chi connectivity index (χ0v) is 9.42. The highest BCUT2D eigenvalue weighted by Gasteiger charge is 2.12. The van der Waals surface area contributed by atoms with E-state index in [9.17, 15) is 0 Å². The number of rotatable bonds is 5. The summed E-state index contributed by atoms with van der Waals surface area (Å²) in [7, 11) is 1.95. The van der Waals surface area contributed by atoms with Crippen molar-refractivity contribution in [2.24, 2.45) is 0 Å². The molecular formula is C11H20N2O. The van der Waals surface area contributed by atoms with Gasteiger partial charge < -0.3 is 15.1 Å². The normalized spacial score (nSPS) is 13.5. The van der Waals surface area contributed by atoms with Gasteiger partial charge in [-0.15, -0.1) is 0 Å². The maximum atomic E-state index is 5.57. The van der Waals surface area contributed by atoms with Crippen LogP contribution in [0.15, 0.2) is 16.5 Å². The summed E-state index contributed by atoms with van der Waals surface area (Å²) in [4.78, 5) is 0. The molecule has 0 bridgehead atoms. The maximum Gasteiger partial charge on any atom is 0.122 e. The second kappa shape index (κ2) is 5.17. The van der Waals surface area contributed by atoms with E-state index >= 15 is 0 Å². The molecule has 1 aromatic heterocycles. The molecule has 0 radical (unpaired) electrons. The highest BCUT2D eigenvalue weighted by atomic mass is 16.3. The third kappa shape index (κ3) is 3.16. The molecule has 1 rings (SSSR count). The number of hydrogen-bond acceptors (Lipinski definition) is 3. The van der Waals surface area contributed by atoms with Crippen LogP contribution in [0.4, 0.5) is 0 Å². The number of likely N-dealkylation sites (N-methyl/N-ethyl adjacent to an activating group) is 1. The minimum atomic E-state index is 0.256. The van der Waals surface area contributed by atoms with Crippen molar-refractivity contribution in [2.45, 2.75) is 32.9 Å². The predicted octanol–water partition coefficient (Wildman–Crippen LogP) is 1.85. The Morgan fingerprint density at radius 3 is 2.50 bits per heavy atom. The Morgan fingerprint density at radius 1 is 1.36 bits per heavy atom. The summed E-state index contributed by atoms with van der Waals surface area (Å²) in [6.07, 6.45) is 0. The lowest BCUT2D eigenvalue weighted by Gasteiger charge is -2.16. The van der Waals surface area contributed by atoms with Gasteiger partial charge in [-0.1, -0.05) is 13.8 Å². The van der Waals surface area contributed by atoms with Crippen molar-refractivity contribution in [1.82, 2.24) is 10.6 Å². The third-order valence-corrected chi connectivity index (χ3v) is 2.18. The smallest absolute Gasteiger partial charge is 0.122 e. The topological polar surface area (TPSA) is 37.2 Å². The predicted molar refractivity (Wildman–Crippen MR) is 58.4 cm³/mol. The lowest BCUT2D eigenvalue weighted by Crippen LogP contribution is -2.33. The second-order valence-corrected chi connectivity index (χ2v) is 3.85. The molecule has 1 unspecified atom stereocenters. The monoisotopic (exact) mass is 196 g/mol. The fourth-order valence-electron chi connectivity index (χ4n) is 1.34. The summed E-state index contributed by atoms with van der Waals surface area (Å²) in [5.41, 5.74) is 0. The molecule has 0 amide bonds. The lowest BCUT2D eigenvalue weighted by atomic mass is 10.2. The fraction of sp³-hybridized carbons (Fsp3) is 0.636. The first-order valence-corrected chi connectivity index (χ1v) is 5.10. The summed E-state index contributed by atoms with van der Waals surface area (Å²) in [6.45, 7) is 7.13. The molecule has 80 valence electrons. The van der Waals surface area contributed by atoms with Gasteiger partial charge in [-0.25, -0.2) is 0 Å². The lowest BCUT2D eigenvalue weighted by molar-refractivity contribution is 0.393. The van der Waals surface area contributed by atoms with Crippen LogP contribution in [-0.2, 0) is 0 Å². The Morgan fingerprint density at radius 2 is 2.07 bits per heavy atom. The van der Waals surface area contributed by atoms with Crippen LogP contribution in [0, 0.1) is 6.92 Å². The van der Waals surface area contributed by atoms with Gasteiger partial charge in [-0.05, 0) is 26.1 Å². The molecule has 1 aromatic rings.